The number of halogens is 1. The molecule has 1 aromatic carbocycles. The summed E-state index contributed by atoms with van der Waals surface area (Å²) in [5.74, 6) is 1.44. The highest BCUT2D eigenvalue weighted by Crippen LogP contribution is 2.26. The van der Waals surface area contributed by atoms with Crippen LogP contribution < -0.4 is 4.74 Å². The molecule has 6 heteroatoms. The Morgan fingerprint density at radius 3 is 2.93 bits per heavy atom. The van der Waals surface area contributed by atoms with Gasteiger partial charge in [-0.3, -0.25) is 0 Å². The van der Waals surface area contributed by atoms with Crippen molar-refractivity contribution in [1.82, 2.24) is 19.9 Å². The molecule has 0 spiro atoms. The monoisotopic (exact) mass is 396 g/mol. The Balaban J connectivity index is 1.34. The minimum atomic E-state index is 0.649. The van der Waals surface area contributed by atoms with Gasteiger partial charge in [-0.1, -0.05) is 23.3 Å². The van der Waals surface area contributed by atoms with Gasteiger partial charge in [0.15, 0.2) is 0 Å². The van der Waals surface area contributed by atoms with Crippen molar-refractivity contribution in [2.45, 2.75) is 26.2 Å². The number of aromatic nitrogens is 3. The van der Waals surface area contributed by atoms with Crippen LogP contribution in [0.5, 0.6) is 5.88 Å². The zero-order valence-electron chi connectivity index (χ0n) is 16.3. The van der Waals surface area contributed by atoms with Gasteiger partial charge in [0.25, 0.3) is 0 Å². The van der Waals surface area contributed by atoms with Crippen molar-refractivity contribution >= 4 is 22.6 Å². The van der Waals surface area contributed by atoms with Gasteiger partial charge < -0.3 is 14.6 Å². The van der Waals surface area contributed by atoms with E-state index in [-0.39, 0.29) is 0 Å². The Morgan fingerprint density at radius 2 is 2.18 bits per heavy atom. The summed E-state index contributed by atoms with van der Waals surface area (Å²) in [5, 5.41) is 0.707. The first-order chi connectivity index (χ1) is 13.6. The van der Waals surface area contributed by atoms with Gasteiger partial charge >= 0.3 is 0 Å². The first-order valence-corrected chi connectivity index (χ1v) is 10.1. The highest BCUT2D eigenvalue weighted by Gasteiger charge is 2.10. The number of fused-ring (bicyclic) bond motifs is 1. The molecule has 4 rings (SSSR count). The third-order valence-corrected chi connectivity index (χ3v) is 5.37. The predicted molar refractivity (Wildman–Crippen MR) is 114 cm³/mol. The molecule has 146 valence electrons. The second-order valence-corrected chi connectivity index (χ2v) is 7.85. The molecule has 3 heterocycles. The largest absolute Gasteiger partial charge is 0.478 e. The number of imidazole rings is 1. The van der Waals surface area contributed by atoms with Crippen LogP contribution in [0.2, 0.25) is 5.02 Å². The third kappa shape index (κ3) is 4.37. The molecule has 2 aromatic heterocycles. The van der Waals surface area contributed by atoms with Crippen LogP contribution in [0.15, 0.2) is 42.1 Å². The SMILES string of the molecule is Cc1cc(Cl)cc2[nH]c(-c3ccc(OCCCC4=CCN(C)CC4)nc3)nc12. The van der Waals surface area contributed by atoms with Crippen molar-refractivity contribution in [3.8, 4) is 17.3 Å². The quantitative estimate of drug-likeness (QED) is 0.470. The van der Waals surface area contributed by atoms with Crippen LogP contribution in [0.3, 0.4) is 0 Å². The molecule has 0 radical (unpaired) electrons. The number of hydrogen-bond donors (Lipinski definition) is 1. The molecule has 0 saturated carbocycles. The van der Waals surface area contributed by atoms with Crippen molar-refractivity contribution < 1.29 is 4.74 Å². The molecule has 0 unspecified atom stereocenters. The first kappa shape index (κ1) is 19.0. The van der Waals surface area contributed by atoms with E-state index in [4.69, 9.17) is 16.3 Å². The number of nitrogens with one attached hydrogen (secondary N) is 1. The van der Waals surface area contributed by atoms with Gasteiger partial charge in [0.1, 0.15) is 5.82 Å². The van der Waals surface area contributed by atoms with Crippen LogP contribution in [0.25, 0.3) is 22.4 Å². The average Bonchev–Trinajstić information content (AvgIpc) is 3.11. The highest BCUT2D eigenvalue weighted by molar-refractivity contribution is 6.31. The summed E-state index contributed by atoms with van der Waals surface area (Å²) in [7, 11) is 2.16. The van der Waals surface area contributed by atoms with E-state index in [1.807, 2.05) is 31.2 Å². The van der Waals surface area contributed by atoms with Gasteiger partial charge in [-0.05, 0) is 57.0 Å². The number of hydrogen-bond acceptors (Lipinski definition) is 4. The highest BCUT2D eigenvalue weighted by atomic mass is 35.5. The lowest BCUT2D eigenvalue weighted by molar-refractivity contribution is 0.296. The predicted octanol–water partition coefficient (Wildman–Crippen LogP) is 5.01. The average molecular weight is 397 g/mol. The number of aromatic amines is 1. The lowest BCUT2D eigenvalue weighted by Crippen LogP contribution is -2.24. The minimum Gasteiger partial charge on any atom is -0.478 e. The summed E-state index contributed by atoms with van der Waals surface area (Å²) < 4.78 is 5.81. The van der Waals surface area contributed by atoms with E-state index < -0.39 is 0 Å². The Morgan fingerprint density at radius 1 is 1.29 bits per heavy atom. The van der Waals surface area contributed by atoms with Gasteiger partial charge in [0.05, 0.1) is 17.6 Å². The van der Waals surface area contributed by atoms with Crippen molar-refractivity contribution in [1.29, 1.82) is 0 Å². The molecular formula is C22H25ClN4O. The first-order valence-electron chi connectivity index (χ1n) is 9.70. The van der Waals surface area contributed by atoms with Crippen molar-refractivity contribution in [2.75, 3.05) is 26.7 Å². The molecule has 28 heavy (non-hydrogen) atoms. The van der Waals surface area contributed by atoms with Crippen molar-refractivity contribution in [3.05, 3.63) is 52.7 Å². The van der Waals surface area contributed by atoms with Crippen LogP contribution in [0, 0.1) is 6.92 Å². The number of ether oxygens (including phenoxy) is 1. The maximum atomic E-state index is 6.13. The van der Waals surface area contributed by atoms with Gasteiger partial charge in [-0.15, -0.1) is 0 Å². The summed E-state index contributed by atoms with van der Waals surface area (Å²) in [6, 6.07) is 7.70. The number of rotatable bonds is 6. The number of nitrogens with zero attached hydrogens (tertiary/aromatic N) is 3. The Hall–Kier alpha value is -2.37. The topological polar surface area (TPSA) is 54.0 Å². The summed E-state index contributed by atoms with van der Waals surface area (Å²) in [6.45, 7) is 4.91. The molecule has 0 aliphatic carbocycles. The Labute approximate surface area is 170 Å². The lowest BCUT2D eigenvalue weighted by Gasteiger charge is -2.21. The molecule has 0 bridgehead atoms. The molecule has 0 atom stereocenters. The third-order valence-electron chi connectivity index (χ3n) is 5.15. The van der Waals surface area contributed by atoms with E-state index in [0.29, 0.717) is 17.5 Å². The smallest absolute Gasteiger partial charge is 0.213 e. The second kappa shape index (κ2) is 8.33. The van der Waals surface area contributed by atoms with E-state index in [2.05, 4.69) is 33.0 Å². The fourth-order valence-corrected chi connectivity index (χ4v) is 3.78. The molecule has 1 aliphatic rings. The van der Waals surface area contributed by atoms with E-state index in [1.54, 1.807) is 11.8 Å². The lowest BCUT2D eigenvalue weighted by atomic mass is 10.0. The molecule has 0 fully saturated rings. The summed E-state index contributed by atoms with van der Waals surface area (Å²) in [5.41, 5.74) is 5.39. The van der Waals surface area contributed by atoms with Gasteiger partial charge in [0, 0.05) is 35.9 Å². The molecule has 5 nitrogen and oxygen atoms in total. The number of H-pyrrole nitrogens is 1. The number of likely N-dealkylation sites (N-methyl/N-ethyl adjacent to an activating group) is 1. The van der Waals surface area contributed by atoms with Gasteiger partial charge in [0.2, 0.25) is 5.88 Å². The molecule has 1 N–H and O–H groups in total. The zero-order valence-corrected chi connectivity index (χ0v) is 17.1. The standard InChI is InChI=1S/C22H25ClN4O/c1-15-12-18(23)13-19-21(15)26-22(25-19)17-5-6-20(24-14-17)28-11-3-4-16-7-9-27(2)10-8-16/h5-7,12-14H,3-4,8-11H2,1-2H3,(H,25,26). The van der Waals surface area contributed by atoms with Crippen molar-refractivity contribution in [2.24, 2.45) is 0 Å². The van der Waals surface area contributed by atoms with Crippen LogP contribution in [0.4, 0.5) is 0 Å². The normalized spacial score (nSPS) is 15.0. The fourth-order valence-electron chi connectivity index (χ4n) is 3.50. The Bertz CT molecular complexity index is 994. The minimum absolute atomic E-state index is 0.649. The van der Waals surface area contributed by atoms with Crippen LogP contribution in [-0.4, -0.2) is 46.6 Å². The van der Waals surface area contributed by atoms with E-state index in [1.165, 1.54) is 6.42 Å². The van der Waals surface area contributed by atoms with E-state index in [0.717, 1.165) is 53.9 Å². The van der Waals surface area contributed by atoms with Crippen LogP contribution in [-0.2, 0) is 0 Å². The second-order valence-electron chi connectivity index (χ2n) is 7.42. The molecule has 1 aliphatic heterocycles. The molecular weight excluding hydrogens is 372 g/mol. The number of pyridine rings is 1. The summed E-state index contributed by atoms with van der Waals surface area (Å²) in [6.07, 6.45) is 7.43. The van der Waals surface area contributed by atoms with E-state index >= 15 is 0 Å². The number of aryl methyl sites for hydroxylation is 1. The fraction of sp³-hybridized carbons (Fsp3) is 0.364. The maximum Gasteiger partial charge on any atom is 0.213 e. The van der Waals surface area contributed by atoms with Crippen LogP contribution in [0.1, 0.15) is 24.8 Å². The maximum absolute atomic E-state index is 6.13. The zero-order chi connectivity index (χ0) is 19.5. The number of benzene rings is 1. The van der Waals surface area contributed by atoms with Gasteiger partial charge in [-0.25, -0.2) is 9.97 Å². The Kier molecular flexibility index (Phi) is 5.64. The van der Waals surface area contributed by atoms with Gasteiger partial charge in [-0.2, -0.15) is 0 Å². The van der Waals surface area contributed by atoms with Crippen molar-refractivity contribution in [3.63, 3.8) is 0 Å². The van der Waals surface area contributed by atoms with E-state index in [9.17, 15) is 0 Å². The molecule has 0 saturated heterocycles. The van der Waals surface area contributed by atoms with Crippen LogP contribution >= 0.6 is 11.6 Å². The molecule has 0 amide bonds. The summed E-state index contributed by atoms with van der Waals surface area (Å²) in [4.78, 5) is 14.8. The summed E-state index contributed by atoms with van der Waals surface area (Å²) >= 11 is 6.13. The molecule has 3 aromatic rings.